The number of para-hydroxylation sites is 1. The molecule has 1 heterocycles. The summed E-state index contributed by atoms with van der Waals surface area (Å²) in [5.74, 6) is -0.0550. The van der Waals surface area contributed by atoms with Crippen LogP contribution < -0.4 is 16.8 Å². The quantitative estimate of drug-likeness (QED) is 0.484. The minimum Gasteiger partial charge on any atom is -0.423 e. The predicted octanol–water partition coefficient (Wildman–Crippen LogP) is -0.789. The highest BCUT2D eigenvalue weighted by Crippen LogP contribution is 2.04. The summed E-state index contributed by atoms with van der Waals surface area (Å²) in [4.78, 5) is 17.6. The van der Waals surface area contributed by atoms with Crippen LogP contribution >= 0.6 is 0 Å². The number of H-pyrrole nitrogens is 1. The van der Waals surface area contributed by atoms with Gasteiger partial charge in [0.2, 0.25) is 5.95 Å². The summed E-state index contributed by atoms with van der Waals surface area (Å²) in [6.07, 6.45) is 0. The fourth-order valence-electron chi connectivity index (χ4n) is 1.41. The lowest BCUT2D eigenvalue weighted by molar-refractivity contribution is 0.426. The normalized spacial score (nSPS) is 9.65. The van der Waals surface area contributed by atoms with Crippen LogP contribution in [0.25, 0.3) is 10.9 Å². The van der Waals surface area contributed by atoms with E-state index < -0.39 is 12.7 Å². The largest absolute Gasteiger partial charge is 0.490 e. The van der Waals surface area contributed by atoms with Gasteiger partial charge in [-0.25, -0.2) is 4.98 Å². The van der Waals surface area contributed by atoms with Gasteiger partial charge in [-0.05, 0) is 6.07 Å². The second-order valence-corrected chi connectivity index (χ2v) is 3.07. The third-order valence-electron chi connectivity index (χ3n) is 2.06. The molecule has 5 N–H and O–H groups in total. The SMILES string of the molecule is CC.Nc1nc2c(B(O)O)cccc2c(=O)[nH]1. The predicted molar refractivity (Wildman–Crippen MR) is 67.9 cm³/mol. The summed E-state index contributed by atoms with van der Waals surface area (Å²) >= 11 is 0. The Morgan fingerprint density at radius 3 is 2.59 bits per heavy atom. The fourth-order valence-corrected chi connectivity index (χ4v) is 1.41. The molecular weight excluding hydrogens is 221 g/mol. The molecule has 0 atom stereocenters. The third kappa shape index (κ3) is 2.63. The van der Waals surface area contributed by atoms with Gasteiger partial charge in [-0.15, -0.1) is 0 Å². The standard InChI is InChI=1S/C8H8BN3O3.C2H6/c10-8-11-6-4(7(13)12-8)2-1-3-5(6)9(14)15;1-2/h1-3,14-15H,(H3,10,11,12,13);1-2H3. The lowest BCUT2D eigenvalue weighted by Crippen LogP contribution is -2.32. The van der Waals surface area contributed by atoms with Crippen molar-refractivity contribution in [1.29, 1.82) is 0 Å². The van der Waals surface area contributed by atoms with Crippen LogP contribution in [-0.2, 0) is 0 Å². The first-order chi connectivity index (χ1) is 8.09. The monoisotopic (exact) mass is 235 g/mol. The molecule has 1 aromatic heterocycles. The molecule has 90 valence electrons. The molecule has 0 aliphatic heterocycles. The number of hydrogen-bond donors (Lipinski definition) is 4. The maximum atomic E-state index is 11.4. The van der Waals surface area contributed by atoms with E-state index in [1.807, 2.05) is 13.8 Å². The van der Waals surface area contributed by atoms with E-state index in [0.29, 0.717) is 0 Å². The number of fused-ring (bicyclic) bond motifs is 1. The van der Waals surface area contributed by atoms with Crippen LogP contribution in [0.3, 0.4) is 0 Å². The number of nitrogens with two attached hydrogens (primary N) is 1. The van der Waals surface area contributed by atoms with Crippen molar-refractivity contribution in [3.05, 3.63) is 28.6 Å². The molecule has 0 amide bonds. The van der Waals surface area contributed by atoms with Crippen LogP contribution in [0, 0.1) is 0 Å². The number of aromatic amines is 1. The van der Waals surface area contributed by atoms with Gasteiger partial charge in [0.25, 0.3) is 5.56 Å². The first kappa shape index (κ1) is 13.2. The van der Waals surface area contributed by atoms with Gasteiger partial charge in [-0.3, -0.25) is 9.78 Å². The Morgan fingerprint density at radius 2 is 2.00 bits per heavy atom. The van der Waals surface area contributed by atoms with Crippen LogP contribution in [0.4, 0.5) is 5.95 Å². The minimum absolute atomic E-state index is 0.0550. The highest BCUT2D eigenvalue weighted by atomic mass is 16.4. The van der Waals surface area contributed by atoms with Gasteiger partial charge < -0.3 is 15.8 Å². The Bertz CT molecular complexity index is 568. The second-order valence-electron chi connectivity index (χ2n) is 3.07. The summed E-state index contributed by atoms with van der Waals surface area (Å²) < 4.78 is 0. The van der Waals surface area contributed by atoms with Crippen molar-refractivity contribution in [2.75, 3.05) is 5.73 Å². The lowest BCUT2D eigenvalue weighted by Gasteiger charge is -2.04. The van der Waals surface area contributed by atoms with Crippen LogP contribution in [0.15, 0.2) is 23.0 Å². The summed E-state index contributed by atoms with van der Waals surface area (Å²) in [6, 6.07) is 4.55. The van der Waals surface area contributed by atoms with E-state index in [9.17, 15) is 4.79 Å². The molecule has 0 spiro atoms. The van der Waals surface area contributed by atoms with Crippen molar-refractivity contribution in [3.63, 3.8) is 0 Å². The van der Waals surface area contributed by atoms with Gasteiger partial charge >= 0.3 is 7.12 Å². The molecule has 6 nitrogen and oxygen atoms in total. The van der Waals surface area contributed by atoms with E-state index in [4.69, 9.17) is 15.8 Å². The molecule has 2 rings (SSSR count). The van der Waals surface area contributed by atoms with Gasteiger partial charge in [0.1, 0.15) is 0 Å². The molecule has 1 aromatic carbocycles. The van der Waals surface area contributed by atoms with Crippen molar-refractivity contribution in [2.24, 2.45) is 0 Å². The van der Waals surface area contributed by atoms with Crippen LogP contribution in [-0.4, -0.2) is 27.1 Å². The van der Waals surface area contributed by atoms with Crippen molar-refractivity contribution in [2.45, 2.75) is 13.8 Å². The van der Waals surface area contributed by atoms with Crippen molar-refractivity contribution < 1.29 is 10.0 Å². The highest BCUT2D eigenvalue weighted by molar-refractivity contribution is 6.61. The van der Waals surface area contributed by atoms with Gasteiger partial charge in [-0.1, -0.05) is 26.0 Å². The zero-order valence-electron chi connectivity index (χ0n) is 9.64. The molecule has 0 radical (unpaired) electrons. The van der Waals surface area contributed by atoms with Gasteiger partial charge in [0, 0.05) is 5.46 Å². The Morgan fingerprint density at radius 1 is 1.35 bits per heavy atom. The summed E-state index contributed by atoms with van der Waals surface area (Å²) in [5.41, 5.74) is 5.32. The average Bonchev–Trinajstić information content (AvgIpc) is 2.30. The molecule has 0 saturated carbocycles. The number of rotatable bonds is 1. The Balaban J connectivity index is 0.000000686. The number of anilines is 1. The Labute approximate surface area is 98.3 Å². The first-order valence-corrected chi connectivity index (χ1v) is 5.24. The number of hydrogen-bond acceptors (Lipinski definition) is 5. The lowest BCUT2D eigenvalue weighted by atomic mass is 9.79. The summed E-state index contributed by atoms with van der Waals surface area (Å²) in [7, 11) is -1.68. The molecular formula is C10H14BN3O3. The van der Waals surface area contributed by atoms with Crippen molar-refractivity contribution in [3.8, 4) is 0 Å². The van der Waals surface area contributed by atoms with Gasteiger partial charge in [0.05, 0.1) is 10.9 Å². The van der Waals surface area contributed by atoms with E-state index >= 15 is 0 Å². The van der Waals surface area contributed by atoms with Gasteiger partial charge in [-0.2, -0.15) is 0 Å². The number of nitrogens with one attached hydrogen (secondary N) is 1. The van der Waals surface area contributed by atoms with E-state index in [1.54, 1.807) is 6.07 Å². The molecule has 0 saturated heterocycles. The molecule has 7 heteroatoms. The van der Waals surface area contributed by atoms with Crippen LogP contribution in [0.2, 0.25) is 0 Å². The number of nitrogen functional groups attached to an aromatic ring is 1. The van der Waals surface area contributed by atoms with E-state index in [-0.39, 0.29) is 22.3 Å². The molecule has 17 heavy (non-hydrogen) atoms. The third-order valence-corrected chi connectivity index (χ3v) is 2.06. The maximum absolute atomic E-state index is 11.4. The first-order valence-electron chi connectivity index (χ1n) is 5.24. The van der Waals surface area contributed by atoms with Crippen LogP contribution in [0.5, 0.6) is 0 Å². The van der Waals surface area contributed by atoms with Crippen molar-refractivity contribution in [1.82, 2.24) is 9.97 Å². The van der Waals surface area contributed by atoms with E-state index in [1.165, 1.54) is 12.1 Å². The minimum atomic E-state index is -1.68. The average molecular weight is 235 g/mol. The smallest absolute Gasteiger partial charge is 0.423 e. The molecule has 0 unspecified atom stereocenters. The fraction of sp³-hybridized carbons (Fsp3) is 0.200. The Hall–Kier alpha value is -1.86. The highest BCUT2D eigenvalue weighted by Gasteiger charge is 2.16. The molecule has 0 aliphatic carbocycles. The maximum Gasteiger partial charge on any atom is 0.490 e. The summed E-state index contributed by atoms with van der Waals surface area (Å²) in [5, 5.41) is 18.4. The molecule has 0 aliphatic rings. The van der Waals surface area contributed by atoms with E-state index in [0.717, 1.165) is 0 Å². The van der Waals surface area contributed by atoms with Crippen molar-refractivity contribution >= 4 is 29.4 Å². The number of benzene rings is 1. The number of nitrogens with zero attached hydrogens (tertiary/aromatic N) is 1. The number of aromatic nitrogens is 2. The summed E-state index contributed by atoms with van der Waals surface area (Å²) in [6.45, 7) is 4.00. The van der Waals surface area contributed by atoms with E-state index in [2.05, 4.69) is 9.97 Å². The molecule has 0 fully saturated rings. The van der Waals surface area contributed by atoms with Crippen LogP contribution in [0.1, 0.15) is 13.8 Å². The zero-order valence-corrected chi connectivity index (χ0v) is 9.64. The Kier molecular flexibility index (Phi) is 4.25. The second kappa shape index (κ2) is 5.47. The molecule has 0 bridgehead atoms. The zero-order chi connectivity index (χ0) is 13.0. The topological polar surface area (TPSA) is 112 Å². The molecule has 2 aromatic rings. The van der Waals surface area contributed by atoms with Gasteiger partial charge in [0.15, 0.2) is 0 Å².